The van der Waals surface area contributed by atoms with Gasteiger partial charge in [-0.15, -0.1) is 0 Å². The number of nitro benzene ring substituents is 1. The Labute approximate surface area is 124 Å². The summed E-state index contributed by atoms with van der Waals surface area (Å²) in [6, 6.07) is 3.11. The van der Waals surface area contributed by atoms with E-state index in [1.54, 1.807) is 17.4 Å². The lowest BCUT2D eigenvalue weighted by molar-refractivity contribution is -0.384. The lowest BCUT2D eigenvalue weighted by atomic mass is 10.1. The van der Waals surface area contributed by atoms with Crippen molar-refractivity contribution >= 4 is 34.3 Å². The van der Waals surface area contributed by atoms with Gasteiger partial charge in [0.1, 0.15) is 5.69 Å². The number of aryl methyl sites for hydroxylation is 1. The largest absolute Gasteiger partial charge is 0.375 e. The van der Waals surface area contributed by atoms with Gasteiger partial charge < -0.3 is 10.6 Å². The van der Waals surface area contributed by atoms with Crippen LogP contribution < -0.4 is 10.6 Å². The molecule has 21 heavy (non-hydrogen) atoms. The summed E-state index contributed by atoms with van der Waals surface area (Å²) in [5.41, 5.74) is 4.01. The number of nitrogens with one attached hydrogen (secondary N) is 2. The molecule has 0 fully saturated rings. The number of nitro groups is 1. The van der Waals surface area contributed by atoms with Gasteiger partial charge in [0.05, 0.1) is 11.3 Å². The van der Waals surface area contributed by atoms with Crippen LogP contribution in [0.3, 0.4) is 0 Å². The van der Waals surface area contributed by atoms with Crippen molar-refractivity contribution in [3.63, 3.8) is 0 Å². The van der Waals surface area contributed by atoms with E-state index < -0.39 is 4.92 Å². The average Bonchev–Trinajstić information content (AvgIpc) is 2.99. The zero-order valence-corrected chi connectivity index (χ0v) is 12.1. The van der Waals surface area contributed by atoms with Crippen LogP contribution in [-0.2, 0) is 17.8 Å². The maximum absolute atomic E-state index is 11.4. The van der Waals surface area contributed by atoms with Gasteiger partial charge >= 0.3 is 0 Å². The van der Waals surface area contributed by atoms with Gasteiger partial charge in [-0.05, 0) is 40.4 Å². The zero-order chi connectivity index (χ0) is 15.0. The summed E-state index contributed by atoms with van der Waals surface area (Å²) in [4.78, 5) is 22.2. The summed E-state index contributed by atoms with van der Waals surface area (Å²) in [7, 11) is 0. The molecule has 0 atom stereocenters. The third-order valence-corrected chi connectivity index (χ3v) is 4.38. The molecule has 7 heteroatoms. The molecular formula is C14H13N3O3S. The Morgan fingerprint density at radius 2 is 2.24 bits per heavy atom. The third-order valence-electron chi connectivity index (χ3n) is 3.47. The normalized spacial score (nSPS) is 12.9. The molecule has 0 radical (unpaired) electrons. The van der Waals surface area contributed by atoms with Crippen LogP contribution in [0.4, 0.5) is 17.1 Å². The Morgan fingerprint density at radius 1 is 1.43 bits per heavy atom. The monoisotopic (exact) mass is 303 g/mol. The van der Waals surface area contributed by atoms with Crippen molar-refractivity contribution in [3.8, 4) is 0 Å². The highest BCUT2D eigenvalue weighted by Gasteiger charge is 2.24. The van der Waals surface area contributed by atoms with Crippen molar-refractivity contribution in [2.24, 2.45) is 0 Å². The van der Waals surface area contributed by atoms with Crippen LogP contribution in [0.15, 0.2) is 22.9 Å². The summed E-state index contributed by atoms with van der Waals surface area (Å²) in [5.74, 6) is -0.134. The molecule has 1 amide bonds. The van der Waals surface area contributed by atoms with E-state index >= 15 is 0 Å². The Morgan fingerprint density at radius 3 is 2.90 bits per heavy atom. The van der Waals surface area contributed by atoms with Gasteiger partial charge in [0.15, 0.2) is 0 Å². The Balaban J connectivity index is 1.90. The Hall–Kier alpha value is -2.41. The second kappa shape index (κ2) is 5.17. The van der Waals surface area contributed by atoms with Crippen LogP contribution in [0.1, 0.15) is 16.7 Å². The molecule has 1 aromatic heterocycles. The molecular weight excluding hydrogens is 290 g/mol. The molecule has 108 valence electrons. The van der Waals surface area contributed by atoms with Crippen molar-refractivity contribution in [3.05, 3.63) is 49.7 Å². The van der Waals surface area contributed by atoms with E-state index in [2.05, 4.69) is 10.6 Å². The van der Waals surface area contributed by atoms with E-state index in [0.29, 0.717) is 23.5 Å². The second-order valence-corrected chi connectivity index (χ2v) is 5.69. The van der Waals surface area contributed by atoms with Crippen LogP contribution in [0.25, 0.3) is 0 Å². The van der Waals surface area contributed by atoms with Crippen molar-refractivity contribution in [2.45, 2.75) is 19.9 Å². The molecule has 0 unspecified atom stereocenters. The smallest absolute Gasteiger partial charge is 0.292 e. The Kier molecular flexibility index (Phi) is 3.34. The first-order chi connectivity index (χ1) is 10.0. The molecule has 0 spiro atoms. The van der Waals surface area contributed by atoms with E-state index in [0.717, 1.165) is 11.1 Å². The Bertz CT molecular complexity index is 739. The molecule has 2 heterocycles. The molecule has 0 saturated heterocycles. The molecule has 1 aliphatic heterocycles. The summed E-state index contributed by atoms with van der Waals surface area (Å²) < 4.78 is 0. The molecule has 2 N–H and O–H groups in total. The first kappa shape index (κ1) is 13.6. The average molecular weight is 303 g/mol. The van der Waals surface area contributed by atoms with Gasteiger partial charge in [-0.25, -0.2) is 0 Å². The molecule has 0 saturated carbocycles. The lowest BCUT2D eigenvalue weighted by Crippen LogP contribution is -2.04. The highest BCUT2D eigenvalue weighted by Crippen LogP contribution is 2.34. The number of rotatable bonds is 4. The molecule has 0 bridgehead atoms. The van der Waals surface area contributed by atoms with Crippen LogP contribution in [0.2, 0.25) is 0 Å². The van der Waals surface area contributed by atoms with Crippen LogP contribution in [0.5, 0.6) is 0 Å². The predicted octanol–water partition coefficient (Wildman–Crippen LogP) is 3.07. The standard InChI is InChI=1S/C14H13N3O3S/c1-8-6-21-7-10(8)5-15-12-4-11-9(3-14(18)16-11)2-13(12)17(19)20/h2,4,6-7,15H,3,5H2,1H3,(H,16,18). The van der Waals surface area contributed by atoms with E-state index in [1.807, 2.05) is 17.7 Å². The molecule has 2 aromatic rings. The van der Waals surface area contributed by atoms with Crippen LogP contribution >= 0.6 is 11.3 Å². The predicted molar refractivity (Wildman–Crippen MR) is 81.8 cm³/mol. The van der Waals surface area contributed by atoms with E-state index in [-0.39, 0.29) is 18.0 Å². The number of thiophene rings is 1. The quantitative estimate of drug-likeness (QED) is 0.671. The fourth-order valence-corrected chi connectivity index (χ4v) is 3.17. The third kappa shape index (κ3) is 2.59. The lowest BCUT2D eigenvalue weighted by Gasteiger charge is -2.09. The first-order valence-electron chi connectivity index (χ1n) is 6.41. The van der Waals surface area contributed by atoms with Crippen LogP contribution in [-0.4, -0.2) is 10.8 Å². The van der Waals surface area contributed by atoms with Gasteiger partial charge in [-0.3, -0.25) is 14.9 Å². The van der Waals surface area contributed by atoms with Crippen LogP contribution in [0, 0.1) is 17.0 Å². The van der Waals surface area contributed by atoms with E-state index in [4.69, 9.17) is 0 Å². The number of hydrogen-bond acceptors (Lipinski definition) is 5. The number of nitrogens with zero attached hydrogens (tertiary/aromatic N) is 1. The van der Waals surface area contributed by atoms with Crippen molar-refractivity contribution < 1.29 is 9.72 Å². The number of fused-ring (bicyclic) bond motifs is 1. The SMILES string of the molecule is Cc1cscc1CNc1cc2c(cc1[N+](=O)[O-])CC(=O)N2. The second-order valence-electron chi connectivity index (χ2n) is 4.94. The fourth-order valence-electron chi connectivity index (χ4n) is 2.31. The fraction of sp³-hybridized carbons (Fsp3) is 0.214. The van der Waals surface area contributed by atoms with Gasteiger partial charge in [0.2, 0.25) is 5.91 Å². The van der Waals surface area contributed by atoms with Gasteiger partial charge in [0.25, 0.3) is 5.69 Å². The number of amides is 1. The van der Waals surface area contributed by atoms with Gasteiger partial charge in [-0.2, -0.15) is 11.3 Å². The molecule has 1 aromatic carbocycles. The topological polar surface area (TPSA) is 84.3 Å². The summed E-state index contributed by atoms with van der Waals surface area (Å²) in [5, 5.41) is 21.1. The van der Waals surface area contributed by atoms with E-state index in [9.17, 15) is 14.9 Å². The summed E-state index contributed by atoms with van der Waals surface area (Å²) in [6.45, 7) is 2.52. The van der Waals surface area contributed by atoms with Crippen molar-refractivity contribution in [1.29, 1.82) is 0 Å². The highest BCUT2D eigenvalue weighted by molar-refractivity contribution is 7.08. The van der Waals surface area contributed by atoms with Crippen molar-refractivity contribution in [1.82, 2.24) is 0 Å². The van der Waals surface area contributed by atoms with E-state index in [1.165, 1.54) is 6.07 Å². The highest BCUT2D eigenvalue weighted by atomic mass is 32.1. The summed E-state index contributed by atoms with van der Waals surface area (Å²) >= 11 is 1.60. The van der Waals surface area contributed by atoms with Gasteiger partial charge in [0, 0.05) is 18.3 Å². The molecule has 3 rings (SSSR count). The number of carbonyl (C=O) groups is 1. The van der Waals surface area contributed by atoms with Crippen molar-refractivity contribution in [2.75, 3.05) is 10.6 Å². The molecule has 0 aliphatic carbocycles. The zero-order valence-electron chi connectivity index (χ0n) is 11.3. The number of hydrogen-bond donors (Lipinski definition) is 2. The minimum Gasteiger partial charge on any atom is -0.375 e. The number of anilines is 2. The first-order valence-corrected chi connectivity index (χ1v) is 7.35. The number of carbonyl (C=O) groups excluding carboxylic acids is 1. The molecule has 1 aliphatic rings. The maximum Gasteiger partial charge on any atom is 0.292 e. The minimum absolute atomic E-state index is 0.00173. The maximum atomic E-state index is 11.4. The molecule has 6 nitrogen and oxygen atoms in total. The minimum atomic E-state index is -0.425. The van der Waals surface area contributed by atoms with Gasteiger partial charge in [-0.1, -0.05) is 0 Å². The summed E-state index contributed by atoms with van der Waals surface area (Å²) in [6.07, 6.45) is 0.195. The number of benzene rings is 1.